The zero-order chi connectivity index (χ0) is 42.6. The van der Waals surface area contributed by atoms with Gasteiger partial charge in [-0.1, -0.05) is 53.5 Å². The van der Waals surface area contributed by atoms with Crippen LogP contribution >= 0.6 is 11.6 Å². The highest BCUT2D eigenvalue weighted by atomic mass is 35.5. The average molecular weight is 848 g/mol. The fourth-order valence-corrected chi connectivity index (χ4v) is 14.8. The Morgan fingerprint density at radius 1 is 0.983 bits per heavy atom. The van der Waals surface area contributed by atoms with E-state index in [9.17, 15) is 4.79 Å². The molecule has 2 aromatic carbocycles. The normalized spacial score (nSPS) is 18.8. The maximum absolute atomic E-state index is 16.3. The van der Waals surface area contributed by atoms with Crippen molar-refractivity contribution in [1.82, 2.24) is 24.4 Å². The Balaban J connectivity index is 1.40. The second-order valence-electron chi connectivity index (χ2n) is 18.0. The van der Waals surface area contributed by atoms with E-state index in [1.165, 1.54) is 13.2 Å². The van der Waals surface area contributed by atoms with E-state index in [1.54, 1.807) is 23.1 Å². The average Bonchev–Trinajstić information content (AvgIpc) is 3.49. The van der Waals surface area contributed by atoms with Crippen LogP contribution in [-0.2, 0) is 14.2 Å². The first-order valence-corrected chi connectivity index (χ1v) is 23.3. The molecular formula is C44H56ClFN6O6Si. The number of halogens is 2. The number of anilines is 1. The van der Waals surface area contributed by atoms with Crippen LogP contribution in [0.4, 0.5) is 15.0 Å². The Labute approximate surface area is 352 Å². The Morgan fingerprint density at radius 2 is 1.64 bits per heavy atom. The van der Waals surface area contributed by atoms with Crippen LogP contribution in [-0.4, -0.2) is 102 Å². The summed E-state index contributed by atoms with van der Waals surface area (Å²) in [6, 6.07) is 5.76. The van der Waals surface area contributed by atoms with E-state index in [-0.39, 0.29) is 58.9 Å². The number of hydrogen-bond acceptors (Lipinski definition) is 10. The summed E-state index contributed by atoms with van der Waals surface area (Å²) in [5.41, 5.74) is 5.21. The highest BCUT2D eigenvalue weighted by molar-refractivity contribution is 6.90. The number of carbonyl (C=O) groups excluding carboxylic acids is 2. The van der Waals surface area contributed by atoms with E-state index in [0.717, 1.165) is 19.3 Å². The summed E-state index contributed by atoms with van der Waals surface area (Å²) < 4.78 is 41.1. The molecule has 0 radical (unpaired) electrons. The molecule has 59 heavy (non-hydrogen) atoms. The molecule has 2 aliphatic heterocycles. The van der Waals surface area contributed by atoms with Gasteiger partial charge in [0.05, 0.1) is 30.9 Å². The molecule has 316 valence electrons. The number of aromatic nitrogens is 4. The molecule has 4 aromatic rings. The number of nitrogens with zero attached hydrogens (tertiary/aromatic N) is 6. The molecule has 12 nitrogen and oxygen atoms in total. The second kappa shape index (κ2) is 16.6. The highest BCUT2D eigenvalue weighted by Crippen LogP contribution is 2.43. The van der Waals surface area contributed by atoms with Gasteiger partial charge in [0.1, 0.15) is 30.8 Å². The summed E-state index contributed by atoms with van der Waals surface area (Å²) in [4.78, 5) is 46.9. The van der Waals surface area contributed by atoms with Crippen LogP contribution in [0.2, 0.25) is 21.9 Å². The molecule has 1 saturated carbocycles. The van der Waals surface area contributed by atoms with Crippen molar-refractivity contribution in [2.75, 3.05) is 45.1 Å². The quantitative estimate of drug-likeness (QED) is 0.0503. The first kappa shape index (κ1) is 42.8. The number of carbonyl (C=O) groups is 2. The summed E-state index contributed by atoms with van der Waals surface area (Å²) >= 11 is 6.65. The monoisotopic (exact) mass is 846 g/mol. The lowest BCUT2D eigenvalue weighted by Gasteiger charge is -2.49. The van der Waals surface area contributed by atoms with Gasteiger partial charge < -0.3 is 28.4 Å². The molecule has 0 N–H and O–H groups in total. The van der Waals surface area contributed by atoms with E-state index in [2.05, 4.69) is 62.9 Å². The van der Waals surface area contributed by atoms with E-state index >= 15 is 9.18 Å². The minimum absolute atomic E-state index is 0.0195. The fourth-order valence-electron chi connectivity index (χ4n) is 9.44. The van der Waals surface area contributed by atoms with E-state index in [4.69, 9.17) is 40.5 Å². The minimum Gasteiger partial charge on any atom is -0.468 e. The van der Waals surface area contributed by atoms with Gasteiger partial charge in [-0.05, 0) is 91.8 Å². The lowest BCUT2D eigenvalue weighted by Crippen LogP contribution is -2.66. The van der Waals surface area contributed by atoms with Crippen molar-refractivity contribution < 1.29 is 32.9 Å². The Kier molecular flexibility index (Phi) is 12.1. The number of amides is 1. The Hall–Kier alpha value is -4.29. The number of rotatable bonds is 10. The largest absolute Gasteiger partial charge is 0.468 e. The summed E-state index contributed by atoms with van der Waals surface area (Å²) in [5, 5.41) is 0.980. The van der Waals surface area contributed by atoms with Gasteiger partial charge in [-0.2, -0.15) is 9.97 Å². The summed E-state index contributed by atoms with van der Waals surface area (Å²) in [5.74, 6) is 3.45. The van der Waals surface area contributed by atoms with Crippen LogP contribution in [0.15, 0.2) is 24.3 Å². The first-order chi connectivity index (χ1) is 27.9. The van der Waals surface area contributed by atoms with Gasteiger partial charge in [0.15, 0.2) is 24.1 Å². The number of ketones is 1. The zero-order valence-electron chi connectivity index (χ0n) is 35.8. The maximum Gasteiger partial charge on any atom is 0.411 e. The number of fused-ring (bicyclic) bond motifs is 4. The van der Waals surface area contributed by atoms with Gasteiger partial charge in [-0.15, -0.1) is 5.54 Å². The van der Waals surface area contributed by atoms with Gasteiger partial charge >= 0.3 is 6.09 Å². The van der Waals surface area contributed by atoms with Crippen molar-refractivity contribution in [1.29, 1.82) is 0 Å². The van der Waals surface area contributed by atoms with E-state index in [0.29, 0.717) is 70.8 Å². The van der Waals surface area contributed by atoms with E-state index in [1.807, 2.05) is 25.3 Å². The number of morpholine rings is 1. The smallest absolute Gasteiger partial charge is 0.411 e. The van der Waals surface area contributed by atoms with Crippen molar-refractivity contribution in [2.24, 2.45) is 0 Å². The van der Waals surface area contributed by atoms with Crippen LogP contribution < -0.4 is 9.64 Å². The van der Waals surface area contributed by atoms with Crippen molar-refractivity contribution >= 4 is 59.3 Å². The number of piperazine rings is 1. The van der Waals surface area contributed by atoms with Gasteiger partial charge in [-0.25, -0.2) is 14.2 Å². The van der Waals surface area contributed by atoms with Gasteiger partial charge in [0.25, 0.3) is 0 Å². The Bertz CT molecular complexity index is 2290. The predicted octanol–water partition coefficient (Wildman–Crippen LogP) is 9.10. The highest BCUT2D eigenvalue weighted by Gasteiger charge is 2.45. The minimum atomic E-state index is -2.30. The molecule has 0 spiro atoms. The number of benzene rings is 2. The molecule has 3 aliphatic rings. The molecule has 4 heterocycles. The molecular weight excluding hydrogens is 791 g/mol. The zero-order valence-corrected chi connectivity index (χ0v) is 37.6. The maximum atomic E-state index is 16.3. The van der Waals surface area contributed by atoms with E-state index < -0.39 is 25.3 Å². The summed E-state index contributed by atoms with van der Waals surface area (Å²) in [6.07, 6.45) is 2.21. The van der Waals surface area contributed by atoms with Crippen LogP contribution in [0.3, 0.4) is 0 Å². The van der Waals surface area contributed by atoms with Crippen LogP contribution in [0.1, 0.15) is 109 Å². The predicted molar refractivity (Wildman–Crippen MR) is 230 cm³/mol. The second-order valence-corrected chi connectivity index (χ2v) is 24.0. The third-order valence-electron chi connectivity index (χ3n) is 12.2. The standard InChI is InChI=1S/C44H56ClFN6O6Si/c1-25(2)59(26(3)4,27(5)6)17-16-33-35(46)15-14-28-18-32(57-24-55-10)19-34(36(28)33)38(53)41-47-39-37(52(41)29-12-11-13-29)40(49-42(45)48-39)50-20-30-22-56-23-31(21-50)51(30)43(54)58-44(7,8)9/h14-15,18-19,25-27,29-31H,11-13,20-24H2,1-10H3. The summed E-state index contributed by atoms with van der Waals surface area (Å²) in [7, 11) is -0.778. The molecule has 2 saturated heterocycles. The van der Waals surface area contributed by atoms with Crippen molar-refractivity contribution in [2.45, 2.75) is 122 Å². The molecule has 2 aromatic heterocycles. The number of imidazole rings is 1. The van der Waals surface area contributed by atoms with Crippen LogP contribution in [0.5, 0.6) is 5.75 Å². The lowest BCUT2D eigenvalue weighted by molar-refractivity contribution is -0.0665. The molecule has 2 bridgehead atoms. The molecule has 3 fully saturated rings. The number of methoxy groups -OCH3 is 1. The van der Waals surface area contributed by atoms with Gasteiger partial charge in [0.2, 0.25) is 11.1 Å². The lowest BCUT2D eigenvalue weighted by atomic mass is 9.91. The number of hydrogen-bond donors (Lipinski definition) is 0. The molecule has 7 rings (SSSR count). The molecule has 2 unspecified atom stereocenters. The SMILES string of the molecule is COCOc1cc(C(=O)c2nc3nc(Cl)nc(N4CC5COCC(C4)N5C(=O)OC(C)(C)C)c3n2C2CCC2)c2c(C#C[Si](C(C)C)(C(C)C)C(C)C)c(F)ccc2c1. The molecule has 1 aliphatic carbocycles. The van der Waals surface area contributed by atoms with Crippen LogP contribution in [0.25, 0.3) is 21.9 Å². The molecule has 2 atom stereocenters. The van der Waals surface area contributed by atoms with Crippen molar-refractivity contribution in [3.8, 4) is 17.2 Å². The Morgan fingerprint density at radius 3 is 2.22 bits per heavy atom. The molecule has 15 heteroatoms. The topological polar surface area (TPSA) is 121 Å². The van der Waals surface area contributed by atoms with Crippen molar-refractivity contribution in [3.05, 3.63) is 52.3 Å². The van der Waals surface area contributed by atoms with Crippen molar-refractivity contribution in [3.63, 3.8) is 0 Å². The van der Waals surface area contributed by atoms with Crippen LogP contribution in [0, 0.1) is 17.3 Å². The van der Waals surface area contributed by atoms with Gasteiger partial charge in [0, 0.05) is 37.2 Å². The summed E-state index contributed by atoms with van der Waals surface area (Å²) in [6.45, 7) is 20.2. The fraction of sp³-hybridized carbons (Fsp3) is 0.568. The van der Waals surface area contributed by atoms with Gasteiger partial charge in [-0.3, -0.25) is 9.69 Å². The molecule has 1 amide bonds. The first-order valence-electron chi connectivity index (χ1n) is 20.7. The number of ether oxygens (including phenoxy) is 4. The third-order valence-corrected chi connectivity index (χ3v) is 18.7. The third kappa shape index (κ3) is 8.03.